The van der Waals surface area contributed by atoms with E-state index in [1.54, 1.807) is 36.4 Å². The van der Waals surface area contributed by atoms with E-state index in [-0.39, 0.29) is 28.6 Å². The Bertz CT molecular complexity index is 1520. The van der Waals surface area contributed by atoms with E-state index in [4.69, 9.17) is 16.3 Å². The lowest BCUT2D eigenvalue weighted by Crippen LogP contribution is -2.33. The van der Waals surface area contributed by atoms with Crippen LogP contribution in [0.4, 0.5) is 17.1 Å². The van der Waals surface area contributed by atoms with Crippen molar-refractivity contribution in [3.63, 3.8) is 0 Å². The van der Waals surface area contributed by atoms with Crippen LogP contribution in [-0.2, 0) is 19.1 Å². The third-order valence-corrected chi connectivity index (χ3v) is 6.16. The zero-order valence-electron chi connectivity index (χ0n) is 21.5. The molecule has 0 saturated carbocycles. The fourth-order valence-electron chi connectivity index (χ4n) is 3.80. The van der Waals surface area contributed by atoms with E-state index in [2.05, 4.69) is 15.4 Å². The highest BCUT2D eigenvalue weighted by Gasteiger charge is 2.40. The maximum atomic E-state index is 13.2. The summed E-state index contributed by atoms with van der Waals surface area (Å²) in [6.45, 7) is 2.04. The Kier molecular flexibility index (Phi) is 8.60. The van der Waals surface area contributed by atoms with Gasteiger partial charge in [-0.05, 0) is 67.1 Å². The molecular weight excluding hydrogens is 538 g/mol. The predicted molar refractivity (Wildman–Crippen MR) is 148 cm³/mol. The van der Waals surface area contributed by atoms with Crippen molar-refractivity contribution in [1.29, 1.82) is 0 Å². The van der Waals surface area contributed by atoms with Crippen molar-refractivity contribution in [2.45, 2.75) is 13.3 Å². The Hall–Kier alpha value is -4.96. The lowest BCUT2D eigenvalue weighted by molar-refractivity contribution is -0.120. The predicted octanol–water partition coefficient (Wildman–Crippen LogP) is 4.73. The number of esters is 2. The first-order valence-electron chi connectivity index (χ1n) is 12.2. The van der Waals surface area contributed by atoms with Gasteiger partial charge in [0.25, 0.3) is 17.7 Å². The number of carbonyl (C=O) groups excluding carboxylic acids is 5. The first kappa shape index (κ1) is 28.1. The van der Waals surface area contributed by atoms with E-state index in [0.717, 1.165) is 4.90 Å². The van der Waals surface area contributed by atoms with Gasteiger partial charge in [-0.1, -0.05) is 30.7 Å². The van der Waals surface area contributed by atoms with Gasteiger partial charge in [0.15, 0.2) is 0 Å². The van der Waals surface area contributed by atoms with Crippen molar-refractivity contribution >= 4 is 58.3 Å². The molecule has 0 aliphatic carbocycles. The second kappa shape index (κ2) is 12.3. The molecule has 1 aliphatic heterocycles. The quantitative estimate of drug-likeness (QED) is 0.283. The van der Waals surface area contributed by atoms with Crippen LogP contribution in [0.25, 0.3) is 0 Å². The van der Waals surface area contributed by atoms with E-state index < -0.39 is 29.7 Å². The third kappa shape index (κ3) is 5.87. The Morgan fingerprint density at radius 3 is 2.10 bits per heavy atom. The average molecular weight is 562 g/mol. The monoisotopic (exact) mass is 561 g/mol. The van der Waals surface area contributed by atoms with Crippen LogP contribution in [0.1, 0.15) is 44.4 Å². The minimum atomic E-state index is -0.792. The summed E-state index contributed by atoms with van der Waals surface area (Å²) in [7, 11) is 1.28. The number of anilines is 3. The second-order valence-electron chi connectivity index (χ2n) is 8.51. The summed E-state index contributed by atoms with van der Waals surface area (Å²) in [6, 6.07) is 18.4. The molecule has 0 spiro atoms. The maximum absolute atomic E-state index is 13.2. The van der Waals surface area contributed by atoms with Gasteiger partial charge in [-0.2, -0.15) is 0 Å². The Morgan fingerprint density at radius 1 is 0.825 bits per heavy atom. The molecule has 0 atom stereocenters. The van der Waals surface area contributed by atoms with Crippen molar-refractivity contribution in [3.05, 3.63) is 100 Å². The number of ether oxygens (including phenoxy) is 2. The van der Waals surface area contributed by atoms with E-state index in [1.807, 2.05) is 6.92 Å². The van der Waals surface area contributed by atoms with Gasteiger partial charge in [0.1, 0.15) is 10.7 Å². The lowest BCUT2D eigenvalue weighted by atomic mass is 10.1. The van der Waals surface area contributed by atoms with Gasteiger partial charge in [0.05, 0.1) is 30.5 Å². The number of para-hydroxylation sites is 1. The van der Waals surface area contributed by atoms with Crippen LogP contribution < -0.4 is 15.5 Å². The number of hydrogen-bond acceptors (Lipinski definition) is 8. The minimum absolute atomic E-state index is 0.0543. The largest absolute Gasteiger partial charge is 0.465 e. The molecule has 0 radical (unpaired) electrons. The minimum Gasteiger partial charge on any atom is -0.465 e. The number of amides is 3. The standard InChI is InChI=1S/C29H24ClN3O7/c1-3-16-40-29(38)21-6-4-5-7-22(21)33-26(35)23(30)24(27(33)36)31-19-12-8-17(9-13-19)25(34)32-20-14-10-18(11-15-20)28(37)39-2/h4-15,31H,3,16H2,1-2H3,(H,32,34). The van der Waals surface area contributed by atoms with Crippen LogP contribution in [0.5, 0.6) is 0 Å². The molecule has 4 rings (SSSR count). The number of nitrogens with zero attached hydrogens (tertiary/aromatic N) is 1. The molecule has 2 N–H and O–H groups in total. The molecule has 11 heteroatoms. The molecule has 1 heterocycles. The fraction of sp³-hybridized carbons (Fsp3) is 0.138. The smallest absolute Gasteiger partial charge is 0.340 e. The van der Waals surface area contributed by atoms with Crippen LogP contribution in [0, 0.1) is 0 Å². The number of benzene rings is 3. The van der Waals surface area contributed by atoms with Crippen molar-refractivity contribution in [1.82, 2.24) is 0 Å². The van der Waals surface area contributed by atoms with Crippen LogP contribution >= 0.6 is 11.6 Å². The molecule has 3 aromatic carbocycles. The van der Waals surface area contributed by atoms with Gasteiger partial charge in [-0.25, -0.2) is 14.5 Å². The number of hydrogen-bond donors (Lipinski definition) is 2. The zero-order chi connectivity index (χ0) is 28.8. The first-order valence-corrected chi connectivity index (χ1v) is 12.5. The normalized spacial score (nSPS) is 12.8. The Morgan fingerprint density at radius 2 is 1.45 bits per heavy atom. The van der Waals surface area contributed by atoms with Crippen LogP contribution in [-0.4, -0.2) is 43.4 Å². The van der Waals surface area contributed by atoms with Crippen LogP contribution in [0.2, 0.25) is 0 Å². The van der Waals surface area contributed by atoms with E-state index in [9.17, 15) is 24.0 Å². The van der Waals surface area contributed by atoms with Gasteiger partial charge in [0.2, 0.25) is 0 Å². The van der Waals surface area contributed by atoms with Crippen molar-refractivity contribution in [2.24, 2.45) is 0 Å². The number of methoxy groups -OCH3 is 1. The average Bonchev–Trinajstić information content (AvgIpc) is 3.18. The highest BCUT2D eigenvalue weighted by Crippen LogP contribution is 2.32. The van der Waals surface area contributed by atoms with E-state index in [0.29, 0.717) is 28.9 Å². The molecule has 0 fully saturated rings. The molecule has 0 saturated heterocycles. The summed E-state index contributed by atoms with van der Waals surface area (Å²) in [5, 5.41) is 5.21. The van der Waals surface area contributed by atoms with Gasteiger partial charge < -0.3 is 20.1 Å². The van der Waals surface area contributed by atoms with E-state index in [1.165, 1.54) is 43.5 Å². The summed E-state index contributed by atoms with van der Waals surface area (Å²) >= 11 is 6.24. The van der Waals surface area contributed by atoms with Crippen LogP contribution in [0.3, 0.4) is 0 Å². The molecule has 1 aliphatic rings. The lowest BCUT2D eigenvalue weighted by Gasteiger charge is -2.18. The molecule has 204 valence electrons. The Balaban J connectivity index is 1.46. The summed E-state index contributed by atoms with van der Waals surface area (Å²) in [4.78, 5) is 63.7. The Labute approximate surface area is 234 Å². The van der Waals surface area contributed by atoms with Gasteiger partial charge >= 0.3 is 11.9 Å². The summed E-state index contributed by atoms with van der Waals surface area (Å²) in [5.74, 6) is -3.09. The summed E-state index contributed by atoms with van der Waals surface area (Å²) in [6.07, 6.45) is 0.613. The van der Waals surface area contributed by atoms with Gasteiger partial charge in [-0.3, -0.25) is 14.4 Å². The summed E-state index contributed by atoms with van der Waals surface area (Å²) < 4.78 is 9.84. The van der Waals surface area contributed by atoms with Crippen molar-refractivity contribution < 1.29 is 33.4 Å². The molecular formula is C29H24ClN3O7. The molecule has 0 aromatic heterocycles. The molecule has 0 bridgehead atoms. The van der Waals surface area contributed by atoms with Crippen molar-refractivity contribution in [2.75, 3.05) is 29.3 Å². The molecule has 3 aromatic rings. The van der Waals surface area contributed by atoms with E-state index >= 15 is 0 Å². The highest BCUT2D eigenvalue weighted by atomic mass is 35.5. The second-order valence-corrected chi connectivity index (χ2v) is 8.89. The van der Waals surface area contributed by atoms with Crippen molar-refractivity contribution in [3.8, 4) is 0 Å². The topological polar surface area (TPSA) is 131 Å². The number of rotatable bonds is 9. The first-order chi connectivity index (χ1) is 19.2. The maximum Gasteiger partial charge on any atom is 0.340 e. The van der Waals surface area contributed by atoms with Gasteiger partial charge in [0, 0.05) is 16.9 Å². The zero-order valence-corrected chi connectivity index (χ0v) is 22.3. The number of imide groups is 1. The molecule has 40 heavy (non-hydrogen) atoms. The fourth-order valence-corrected chi connectivity index (χ4v) is 4.02. The summed E-state index contributed by atoms with van der Waals surface area (Å²) in [5.41, 5.74) is 1.47. The SMILES string of the molecule is CCCOC(=O)c1ccccc1N1C(=O)C(Cl)=C(Nc2ccc(C(=O)Nc3ccc(C(=O)OC)cc3)cc2)C1=O. The highest BCUT2D eigenvalue weighted by molar-refractivity contribution is 6.53. The third-order valence-electron chi connectivity index (χ3n) is 5.81. The number of halogens is 1. The molecule has 10 nitrogen and oxygen atoms in total. The number of nitrogens with one attached hydrogen (secondary N) is 2. The number of carbonyl (C=O) groups is 5. The van der Waals surface area contributed by atoms with Gasteiger partial charge in [-0.15, -0.1) is 0 Å². The molecule has 0 unspecified atom stereocenters. The molecule has 3 amide bonds. The van der Waals surface area contributed by atoms with Crippen LogP contribution in [0.15, 0.2) is 83.5 Å².